The van der Waals surface area contributed by atoms with Crippen molar-refractivity contribution < 1.29 is 9.18 Å². The SMILES string of the molecule is CC(CCCl)CNC(=O)c1ccc(F)cc1I. The zero-order valence-corrected chi connectivity index (χ0v) is 12.4. The molecule has 1 rings (SSSR count). The van der Waals surface area contributed by atoms with Crippen LogP contribution in [0, 0.1) is 15.3 Å². The number of rotatable bonds is 5. The largest absolute Gasteiger partial charge is 0.352 e. The fourth-order valence-electron chi connectivity index (χ4n) is 1.32. The number of nitrogens with one attached hydrogen (secondary N) is 1. The summed E-state index contributed by atoms with van der Waals surface area (Å²) in [6.45, 7) is 2.61. The molecule has 1 aromatic rings. The van der Waals surface area contributed by atoms with Crippen LogP contribution in [0.4, 0.5) is 4.39 Å². The van der Waals surface area contributed by atoms with Crippen LogP contribution >= 0.6 is 34.2 Å². The fraction of sp³-hybridized carbons (Fsp3) is 0.417. The van der Waals surface area contributed by atoms with Gasteiger partial charge in [0, 0.05) is 16.0 Å². The van der Waals surface area contributed by atoms with Crippen LogP contribution in [0.15, 0.2) is 18.2 Å². The lowest BCUT2D eigenvalue weighted by molar-refractivity contribution is 0.0947. The highest BCUT2D eigenvalue weighted by Gasteiger charge is 2.11. The standard InChI is InChI=1S/C12H14ClFINO/c1-8(4-5-13)7-16-12(17)10-3-2-9(14)6-11(10)15/h2-3,6,8H,4-5,7H2,1H3,(H,16,17). The van der Waals surface area contributed by atoms with Crippen molar-refractivity contribution in [2.45, 2.75) is 13.3 Å². The van der Waals surface area contributed by atoms with Crippen LogP contribution in [0.5, 0.6) is 0 Å². The number of carbonyl (C=O) groups excluding carboxylic acids is 1. The van der Waals surface area contributed by atoms with Gasteiger partial charge in [0.2, 0.25) is 0 Å². The number of hydrogen-bond donors (Lipinski definition) is 1. The monoisotopic (exact) mass is 369 g/mol. The molecule has 1 atom stereocenters. The third kappa shape index (κ3) is 4.79. The topological polar surface area (TPSA) is 29.1 Å². The number of hydrogen-bond acceptors (Lipinski definition) is 1. The molecule has 0 aliphatic rings. The van der Waals surface area contributed by atoms with E-state index < -0.39 is 0 Å². The van der Waals surface area contributed by atoms with Gasteiger partial charge in [0.1, 0.15) is 5.82 Å². The van der Waals surface area contributed by atoms with Gasteiger partial charge in [-0.05, 0) is 53.1 Å². The van der Waals surface area contributed by atoms with Gasteiger partial charge in [-0.25, -0.2) is 4.39 Å². The predicted octanol–water partition coefficient (Wildman–Crippen LogP) is 3.43. The van der Waals surface area contributed by atoms with Gasteiger partial charge in [-0.1, -0.05) is 6.92 Å². The second-order valence-electron chi connectivity index (χ2n) is 3.92. The first-order chi connectivity index (χ1) is 8.04. The second kappa shape index (κ2) is 7.16. The van der Waals surface area contributed by atoms with Crippen LogP contribution in [0.2, 0.25) is 0 Å². The average molecular weight is 370 g/mol. The van der Waals surface area contributed by atoms with Crippen molar-refractivity contribution in [2.75, 3.05) is 12.4 Å². The highest BCUT2D eigenvalue weighted by atomic mass is 127. The Morgan fingerprint density at radius 3 is 2.88 bits per heavy atom. The molecule has 0 saturated carbocycles. The van der Waals surface area contributed by atoms with Gasteiger partial charge in [-0.15, -0.1) is 11.6 Å². The molecule has 1 unspecified atom stereocenters. The van der Waals surface area contributed by atoms with Crippen molar-refractivity contribution in [3.05, 3.63) is 33.1 Å². The maximum atomic E-state index is 12.9. The highest BCUT2D eigenvalue weighted by Crippen LogP contribution is 2.14. The number of amides is 1. The van der Waals surface area contributed by atoms with E-state index in [0.29, 0.717) is 27.5 Å². The third-order valence-electron chi connectivity index (χ3n) is 2.39. The normalized spacial score (nSPS) is 12.2. The molecule has 0 spiro atoms. The number of benzene rings is 1. The molecule has 1 N–H and O–H groups in total. The lowest BCUT2D eigenvalue weighted by Crippen LogP contribution is -2.29. The minimum atomic E-state index is -0.332. The molecule has 0 aromatic heterocycles. The molecule has 94 valence electrons. The van der Waals surface area contributed by atoms with Crippen molar-refractivity contribution in [3.63, 3.8) is 0 Å². The third-order valence-corrected chi connectivity index (χ3v) is 3.50. The molecule has 0 radical (unpaired) electrons. The molecule has 0 aliphatic carbocycles. The van der Waals surface area contributed by atoms with Crippen molar-refractivity contribution in [2.24, 2.45) is 5.92 Å². The van der Waals surface area contributed by atoms with Crippen LogP contribution in [-0.4, -0.2) is 18.3 Å². The maximum Gasteiger partial charge on any atom is 0.252 e. The highest BCUT2D eigenvalue weighted by molar-refractivity contribution is 14.1. The van der Waals surface area contributed by atoms with Crippen LogP contribution in [0.1, 0.15) is 23.7 Å². The Balaban J connectivity index is 2.58. The number of halogens is 3. The van der Waals surface area contributed by atoms with Crippen molar-refractivity contribution >= 4 is 40.1 Å². The fourth-order valence-corrected chi connectivity index (χ4v) is 2.42. The molecule has 0 aliphatic heterocycles. The van der Waals surface area contributed by atoms with Crippen molar-refractivity contribution in [1.29, 1.82) is 0 Å². The molecular formula is C12H14ClFINO. The summed E-state index contributed by atoms with van der Waals surface area (Å²) in [5, 5.41) is 2.82. The first kappa shape index (κ1) is 14.7. The summed E-state index contributed by atoms with van der Waals surface area (Å²) in [5.74, 6) is 0.428. The molecule has 5 heteroatoms. The van der Waals surface area contributed by atoms with E-state index in [2.05, 4.69) is 5.32 Å². The summed E-state index contributed by atoms with van der Waals surface area (Å²) in [4.78, 5) is 11.8. The number of carbonyl (C=O) groups is 1. The Kier molecular flexibility index (Phi) is 6.19. The Hall–Kier alpha value is -0.360. The van der Waals surface area contributed by atoms with E-state index in [1.165, 1.54) is 18.2 Å². The average Bonchev–Trinajstić information content (AvgIpc) is 2.26. The molecule has 0 bridgehead atoms. The molecule has 1 aromatic carbocycles. The smallest absolute Gasteiger partial charge is 0.252 e. The number of alkyl halides is 1. The Labute approximate surface area is 119 Å². The lowest BCUT2D eigenvalue weighted by atomic mass is 10.1. The summed E-state index contributed by atoms with van der Waals surface area (Å²) in [5.41, 5.74) is 0.505. The van der Waals surface area contributed by atoms with Crippen molar-refractivity contribution in [1.82, 2.24) is 5.32 Å². The molecule has 2 nitrogen and oxygen atoms in total. The van der Waals surface area contributed by atoms with Gasteiger partial charge >= 0.3 is 0 Å². The summed E-state index contributed by atoms with van der Waals surface area (Å²) in [6.07, 6.45) is 0.863. The predicted molar refractivity (Wildman–Crippen MR) is 76.0 cm³/mol. The molecule has 17 heavy (non-hydrogen) atoms. The van der Waals surface area contributed by atoms with Gasteiger partial charge in [0.25, 0.3) is 5.91 Å². The van der Waals surface area contributed by atoms with Gasteiger partial charge in [0.15, 0.2) is 0 Å². The lowest BCUT2D eigenvalue weighted by Gasteiger charge is -2.11. The van der Waals surface area contributed by atoms with Gasteiger partial charge < -0.3 is 5.32 Å². The van der Waals surface area contributed by atoms with Crippen LogP contribution in [0.25, 0.3) is 0 Å². The zero-order chi connectivity index (χ0) is 12.8. The summed E-state index contributed by atoms with van der Waals surface area (Å²) in [7, 11) is 0. The molecular weight excluding hydrogens is 355 g/mol. The minimum Gasteiger partial charge on any atom is -0.352 e. The zero-order valence-electron chi connectivity index (χ0n) is 9.47. The second-order valence-corrected chi connectivity index (χ2v) is 5.46. The minimum absolute atomic E-state index is 0.171. The van der Waals surface area contributed by atoms with Crippen LogP contribution < -0.4 is 5.32 Å². The summed E-state index contributed by atoms with van der Waals surface area (Å²) >= 11 is 7.57. The van der Waals surface area contributed by atoms with Gasteiger partial charge in [-0.3, -0.25) is 4.79 Å². The summed E-state index contributed by atoms with van der Waals surface area (Å²) < 4.78 is 13.5. The maximum absolute atomic E-state index is 12.9. The Bertz CT molecular complexity index is 400. The van der Waals surface area contributed by atoms with Crippen LogP contribution in [0.3, 0.4) is 0 Å². The van der Waals surface area contributed by atoms with E-state index >= 15 is 0 Å². The van der Waals surface area contributed by atoms with E-state index in [-0.39, 0.29) is 11.7 Å². The first-order valence-corrected chi connectivity index (χ1v) is 6.95. The van der Waals surface area contributed by atoms with E-state index in [1.807, 2.05) is 29.5 Å². The molecule has 0 saturated heterocycles. The van der Waals surface area contributed by atoms with Crippen LogP contribution in [-0.2, 0) is 0 Å². The quantitative estimate of drug-likeness (QED) is 0.625. The first-order valence-electron chi connectivity index (χ1n) is 5.33. The Morgan fingerprint density at radius 2 is 2.29 bits per heavy atom. The molecule has 0 fully saturated rings. The van der Waals surface area contributed by atoms with Gasteiger partial charge in [0.05, 0.1) is 5.56 Å². The van der Waals surface area contributed by atoms with E-state index in [0.717, 1.165) is 6.42 Å². The van der Waals surface area contributed by atoms with E-state index in [9.17, 15) is 9.18 Å². The van der Waals surface area contributed by atoms with Gasteiger partial charge in [-0.2, -0.15) is 0 Å². The molecule has 1 amide bonds. The molecule has 0 heterocycles. The summed E-state index contributed by atoms with van der Waals surface area (Å²) in [6, 6.07) is 4.13. The Morgan fingerprint density at radius 1 is 1.59 bits per heavy atom. The van der Waals surface area contributed by atoms with E-state index in [1.54, 1.807) is 0 Å². The van der Waals surface area contributed by atoms with Crippen molar-refractivity contribution in [3.8, 4) is 0 Å². The van der Waals surface area contributed by atoms with E-state index in [4.69, 9.17) is 11.6 Å².